The third kappa shape index (κ3) is 4.53. The molecule has 2 heterocycles. The van der Waals surface area contributed by atoms with E-state index in [9.17, 15) is 18.0 Å². The fourth-order valence-electron chi connectivity index (χ4n) is 4.49. The highest BCUT2D eigenvalue weighted by atomic mass is 32.2. The van der Waals surface area contributed by atoms with E-state index in [0.717, 1.165) is 23.3 Å². The minimum Gasteiger partial charge on any atom is -0.493 e. The van der Waals surface area contributed by atoms with Crippen molar-refractivity contribution in [3.8, 4) is 5.75 Å². The first-order valence-corrected chi connectivity index (χ1v) is 13.1. The number of rotatable bonds is 6. The molecule has 1 unspecified atom stereocenters. The second kappa shape index (κ2) is 8.85. The fourth-order valence-corrected chi connectivity index (χ4v) is 5.56. The van der Waals surface area contributed by atoms with Crippen LogP contribution in [0.1, 0.15) is 58.2 Å². The summed E-state index contributed by atoms with van der Waals surface area (Å²) >= 11 is 0. The number of anilines is 2. The van der Waals surface area contributed by atoms with E-state index >= 15 is 0 Å². The average Bonchev–Trinajstić information content (AvgIpc) is 3.31. The number of ketones is 2. The minimum absolute atomic E-state index is 0.0196. The van der Waals surface area contributed by atoms with Crippen LogP contribution >= 0.6 is 0 Å². The van der Waals surface area contributed by atoms with Crippen LogP contribution in [-0.2, 0) is 16.4 Å². The minimum atomic E-state index is -3.88. The zero-order chi connectivity index (χ0) is 24.7. The van der Waals surface area contributed by atoms with Crippen LogP contribution in [0.5, 0.6) is 5.75 Å². The topological polar surface area (TPSA) is 102 Å². The number of ether oxygens (including phenoxy) is 1. The van der Waals surface area contributed by atoms with Crippen molar-refractivity contribution in [2.24, 2.45) is 5.92 Å². The number of nitrogens with one attached hydrogen (secondary N) is 2. The lowest BCUT2D eigenvalue weighted by Crippen LogP contribution is -2.24. The molecule has 3 aromatic rings. The number of hydrogen-bond donors (Lipinski definition) is 2. The molecule has 1 atom stereocenters. The number of fused-ring (bicyclic) bond motifs is 2. The predicted octanol–water partition coefficient (Wildman–Crippen LogP) is 5.00. The number of benzene rings is 3. The van der Waals surface area contributed by atoms with Crippen LogP contribution in [0.25, 0.3) is 0 Å². The zero-order valence-corrected chi connectivity index (χ0v) is 20.3. The van der Waals surface area contributed by atoms with Gasteiger partial charge in [0, 0.05) is 41.3 Å². The Morgan fingerprint density at radius 1 is 1.09 bits per heavy atom. The molecule has 8 heteroatoms. The number of hydrogen-bond acceptors (Lipinski definition) is 6. The van der Waals surface area contributed by atoms with Gasteiger partial charge in [-0.15, -0.1) is 0 Å². The normalized spacial score (nSPS) is 16.8. The molecule has 2 N–H and O–H groups in total. The molecule has 2 aliphatic rings. The highest BCUT2D eigenvalue weighted by molar-refractivity contribution is 7.92. The fraction of sp³-hybridized carbons (Fsp3) is 0.259. The summed E-state index contributed by atoms with van der Waals surface area (Å²) in [4.78, 5) is 25.4. The molecule has 180 valence electrons. The van der Waals surface area contributed by atoms with E-state index in [0.29, 0.717) is 29.1 Å². The highest BCUT2D eigenvalue weighted by Gasteiger charge is 2.28. The Labute approximate surface area is 204 Å². The third-order valence-electron chi connectivity index (χ3n) is 6.36. The SMILES string of the molecule is CC(C)C(=O)c1cccc(C2CC(=O)c3cc(S(=O)(=O)Nc4ccc5c(c4)CCO5)ccc3N2)c1. The van der Waals surface area contributed by atoms with E-state index in [2.05, 4.69) is 10.0 Å². The Kier molecular flexibility index (Phi) is 5.84. The Balaban J connectivity index is 1.38. The first-order chi connectivity index (χ1) is 16.7. The largest absolute Gasteiger partial charge is 0.493 e. The molecule has 0 aromatic heterocycles. The van der Waals surface area contributed by atoms with Crippen molar-refractivity contribution in [3.63, 3.8) is 0 Å². The summed E-state index contributed by atoms with van der Waals surface area (Å²) in [5, 5.41) is 3.33. The van der Waals surface area contributed by atoms with Crippen LogP contribution in [0.2, 0.25) is 0 Å². The zero-order valence-electron chi connectivity index (χ0n) is 19.5. The van der Waals surface area contributed by atoms with Crippen molar-refractivity contribution >= 4 is 33.0 Å². The number of carbonyl (C=O) groups excluding carboxylic acids is 2. The third-order valence-corrected chi connectivity index (χ3v) is 7.74. The second-order valence-corrected chi connectivity index (χ2v) is 10.9. The van der Waals surface area contributed by atoms with E-state index in [1.807, 2.05) is 32.0 Å². The van der Waals surface area contributed by atoms with Gasteiger partial charge >= 0.3 is 0 Å². The van der Waals surface area contributed by atoms with Gasteiger partial charge in [0.2, 0.25) is 0 Å². The van der Waals surface area contributed by atoms with Crippen molar-refractivity contribution in [2.75, 3.05) is 16.6 Å². The van der Waals surface area contributed by atoms with Gasteiger partial charge in [-0.25, -0.2) is 8.42 Å². The molecular formula is C27H26N2O5S. The van der Waals surface area contributed by atoms with E-state index in [1.165, 1.54) is 12.1 Å². The molecule has 0 saturated heterocycles. The standard InChI is InChI=1S/C27H26N2O5S/c1-16(2)27(31)19-5-3-4-17(12-19)24-15-25(30)22-14-21(7-8-23(22)28-24)35(32,33)29-20-6-9-26-18(13-20)10-11-34-26/h3-9,12-14,16,24,28-29H,10-11,15H2,1-2H3. The second-order valence-electron chi connectivity index (χ2n) is 9.20. The van der Waals surface area contributed by atoms with Crippen molar-refractivity contribution in [3.05, 3.63) is 82.9 Å². The van der Waals surface area contributed by atoms with Crippen LogP contribution in [0.3, 0.4) is 0 Å². The van der Waals surface area contributed by atoms with Crippen molar-refractivity contribution in [1.29, 1.82) is 0 Å². The lowest BCUT2D eigenvalue weighted by Gasteiger charge is -2.27. The molecular weight excluding hydrogens is 464 g/mol. The smallest absolute Gasteiger partial charge is 0.261 e. The van der Waals surface area contributed by atoms with Gasteiger partial charge in [-0.3, -0.25) is 14.3 Å². The molecule has 0 amide bonds. The summed E-state index contributed by atoms with van der Waals surface area (Å²) in [5.74, 6) is 0.543. The maximum Gasteiger partial charge on any atom is 0.261 e. The number of Topliss-reactive ketones (excluding diaryl/α,β-unsaturated/α-hetero) is 2. The lowest BCUT2D eigenvalue weighted by molar-refractivity contribution is 0.0938. The van der Waals surface area contributed by atoms with Crippen LogP contribution < -0.4 is 14.8 Å². The Hall–Kier alpha value is -3.65. The Bertz CT molecular complexity index is 1450. The molecule has 35 heavy (non-hydrogen) atoms. The first-order valence-electron chi connectivity index (χ1n) is 11.6. The van der Waals surface area contributed by atoms with Crippen molar-refractivity contribution < 1.29 is 22.7 Å². The van der Waals surface area contributed by atoms with Crippen molar-refractivity contribution in [1.82, 2.24) is 0 Å². The Morgan fingerprint density at radius 3 is 2.71 bits per heavy atom. The number of carbonyl (C=O) groups is 2. The maximum atomic E-state index is 13.0. The number of sulfonamides is 1. The summed E-state index contributed by atoms with van der Waals surface area (Å²) in [6, 6.07) is 16.7. The molecule has 0 saturated carbocycles. The van der Waals surface area contributed by atoms with Gasteiger partial charge in [-0.1, -0.05) is 32.0 Å². The Morgan fingerprint density at radius 2 is 1.91 bits per heavy atom. The molecule has 3 aromatic carbocycles. The molecule has 7 nitrogen and oxygen atoms in total. The molecule has 5 rings (SSSR count). The van der Waals surface area contributed by atoms with Crippen LogP contribution in [-0.4, -0.2) is 26.6 Å². The van der Waals surface area contributed by atoms with E-state index in [1.54, 1.807) is 30.3 Å². The molecule has 0 fully saturated rings. The lowest BCUT2D eigenvalue weighted by atomic mass is 9.90. The van der Waals surface area contributed by atoms with E-state index in [-0.39, 0.29) is 34.8 Å². The predicted molar refractivity (Wildman–Crippen MR) is 134 cm³/mol. The molecule has 0 spiro atoms. The summed E-state index contributed by atoms with van der Waals surface area (Å²) in [6.45, 7) is 4.30. The molecule has 0 radical (unpaired) electrons. The summed E-state index contributed by atoms with van der Waals surface area (Å²) < 4.78 is 34.1. The summed E-state index contributed by atoms with van der Waals surface area (Å²) in [7, 11) is -3.88. The molecule has 0 bridgehead atoms. The van der Waals surface area contributed by atoms with E-state index in [4.69, 9.17) is 4.74 Å². The summed E-state index contributed by atoms with van der Waals surface area (Å²) in [5.41, 5.74) is 3.77. The quantitative estimate of drug-likeness (QED) is 0.472. The van der Waals surface area contributed by atoms with Crippen LogP contribution in [0, 0.1) is 5.92 Å². The van der Waals surface area contributed by atoms with Gasteiger partial charge in [-0.2, -0.15) is 0 Å². The van der Waals surface area contributed by atoms with Gasteiger partial charge in [0.25, 0.3) is 10.0 Å². The van der Waals surface area contributed by atoms with Gasteiger partial charge in [0.15, 0.2) is 11.6 Å². The van der Waals surface area contributed by atoms with Gasteiger partial charge in [0.05, 0.1) is 17.5 Å². The van der Waals surface area contributed by atoms with Crippen LogP contribution in [0.4, 0.5) is 11.4 Å². The maximum absolute atomic E-state index is 13.0. The van der Waals surface area contributed by atoms with Gasteiger partial charge < -0.3 is 10.1 Å². The van der Waals surface area contributed by atoms with Gasteiger partial charge in [0.1, 0.15) is 5.75 Å². The summed E-state index contributed by atoms with van der Waals surface area (Å²) in [6.07, 6.45) is 0.897. The molecule has 2 aliphatic heterocycles. The van der Waals surface area contributed by atoms with E-state index < -0.39 is 10.0 Å². The monoisotopic (exact) mass is 490 g/mol. The van der Waals surface area contributed by atoms with Crippen molar-refractivity contribution in [2.45, 2.75) is 37.6 Å². The average molecular weight is 491 g/mol. The van der Waals surface area contributed by atoms with Gasteiger partial charge in [-0.05, 0) is 53.6 Å². The highest BCUT2D eigenvalue weighted by Crippen LogP contribution is 2.35. The first kappa shape index (κ1) is 23.1. The molecule has 0 aliphatic carbocycles. The van der Waals surface area contributed by atoms with Crippen LogP contribution in [0.15, 0.2) is 65.6 Å².